The lowest BCUT2D eigenvalue weighted by Crippen LogP contribution is -2.37. The molecule has 0 saturated carbocycles. The molecule has 3 aromatic rings. The fourth-order valence-corrected chi connectivity index (χ4v) is 2.07. The Hall–Kier alpha value is -2.91. The van der Waals surface area contributed by atoms with Gasteiger partial charge in [0, 0.05) is 14.1 Å². The zero-order chi connectivity index (χ0) is 15.1. The molecule has 0 aliphatic heterocycles. The van der Waals surface area contributed by atoms with Crippen LogP contribution in [0.5, 0.6) is 0 Å². The van der Waals surface area contributed by atoms with Gasteiger partial charge in [0.05, 0.1) is 13.0 Å². The Morgan fingerprint density at radius 1 is 1.24 bits per heavy atom. The van der Waals surface area contributed by atoms with Gasteiger partial charge in [0.2, 0.25) is 0 Å². The van der Waals surface area contributed by atoms with Crippen molar-refractivity contribution in [3.63, 3.8) is 0 Å². The predicted octanol–water partition coefficient (Wildman–Crippen LogP) is -0.805. The Bertz CT molecular complexity index is 930. The van der Waals surface area contributed by atoms with Crippen LogP contribution in [0.1, 0.15) is 5.69 Å². The molecule has 0 amide bonds. The minimum absolute atomic E-state index is 0.249. The van der Waals surface area contributed by atoms with E-state index in [0.29, 0.717) is 22.7 Å². The number of hydrogen-bond donors (Lipinski definition) is 1. The molecule has 0 aromatic carbocycles. The Morgan fingerprint density at radius 3 is 2.67 bits per heavy atom. The summed E-state index contributed by atoms with van der Waals surface area (Å²) < 4.78 is 8.56. The first kappa shape index (κ1) is 13.1. The molecule has 0 aliphatic rings. The van der Waals surface area contributed by atoms with E-state index in [1.807, 2.05) is 0 Å². The number of fused-ring (bicyclic) bond motifs is 1. The van der Waals surface area contributed by atoms with E-state index in [4.69, 9.17) is 0 Å². The van der Waals surface area contributed by atoms with Gasteiger partial charge in [-0.15, -0.1) is 0 Å². The summed E-state index contributed by atoms with van der Waals surface area (Å²) in [4.78, 5) is 28.2. The third-order valence-corrected chi connectivity index (χ3v) is 3.29. The molecule has 3 aromatic heterocycles. The number of anilines is 1. The number of hydrogen-bond acceptors (Lipinski definition) is 7. The van der Waals surface area contributed by atoms with E-state index in [1.54, 1.807) is 18.5 Å². The maximum Gasteiger partial charge on any atom is 0.332 e. The van der Waals surface area contributed by atoms with E-state index >= 15 is 0 Å². The second-order valence-corrected chi connectivity index (χ2v) is 4.63. The molecule has 10 nitrogen and oxygen atoms in total. The highest BCUT2D eigenvalue weighted by Crippen LogP contribution is 2.09. The SMILES string of the molecule is Cc1nonc1NCn1cnc2c1c(=O)n(C)c(=O)n2C. The van der Waals surface area contributed by atoms with Crippen LogP contribution in [0.25, 0.3) is 11.2 Å². The van der Waals surface area contributed by atoms with Crippen LogP contribution in [-0.2, 0) is 20.8 Å². The lowest BCUT2D eigenvalue weighted by Gasteiger charge is -2.07. The number of nitrogens with zero attached hydrogens (tertiary/aromatic N) is 6. The lowest BCUT2D eigenvalue weighted by molar-refractivity contribution is 0.306. The molecule has 0 bridgehead atoms. The Morgan fingerprint density at radius 2 is 2.00 bits per heavy atom. The molecule has 21 heavy (non-hydrogen) atoms. The van der Waals surface area contributed by atoms with E-state index in [9.17, 15) is 9.59 Å². The first-order chi connectivity index (χ1) is 10.0. The Kier molecular flexibility index (Phi) is 2.85. The van der Waals surface area contributed by atoms with Crippen molar-refractivity contribution in [3.05, 3.63) is 32.9 Å². The molecular formula is C11H13N7O3. The maximum absolute atomic E-state index is 12.2. The van der Waals surface area contributed by atoms with Crippen molar-refractivity contribution in [1.82, 2.24) is 29.0 Å². The lowest BCUT2D eigenvalue weighted by atomic mass is 10.5. The molecular weight excluding hydrogens is 278 g/mol. The van der Waals surface area contributed by atoms with Gasteiger partial charge in [-0.1, -0.05) is 5.16 Å². The fraction of sp³-hybridized carbons (Fsp3) is 0.364. The van der Waals surface area contributed by atoms with E-state index in [-0.39, 0.29) is 6.67 Å². The van der Waals surface area contributed by atoms with Crippen LogP contribution in [0.2, 0.25) is 0 Å². The molecule has 110 valence electrons. The summed E-state index contributed by atoms with van der Waals surface area (Å²) in [5.74, 6) is 0.485. The third-order valence-electron chi connectivity index (χ3n) is 3.29. The molecule has 0 radical (unpaired) electrons. The molecule has 1 N–H and O–H groups in total. The predicted molar refractivity (Wildman–Crippen MR) is 72.9 cm³/mol. The minimum atomic E-state index is -0.415. The van der Waals surface area contributed by atoms with Crippen LogP contribution in [0.15, 0.2) is 20.5 Å². The van der Waals surface area contributed by atoms with Gasteiger partial charge in [-0.3, -0.25) is 13.9 Å². The van der Waals surface area contributed by atoms with E-state index < -0.39 is 11.2 Å². The zero-order valence-electron chi connectivity index (χ0n) is 11.7. The summed E-state index contributed by atoms with van der Waals surface area (Å²) in [5, 5.41) is 10.3. The molecule has 0 aliphatic carbocycles. The molecule has 0 atom stereocenters. The number of imidazole rings is 1. The summed E-state index contributed by atoms with van der Waals surface area (Å²) in [6.07, 6.45) is 1.49. The second kappa shape index (κ2) is 4.58. The average Bonchev–Trinajstić information content (AvgIpc) is 3.07. The zero-order valence-corrected chi connectivity index (χ0v) is 11.7. The van der Waals surface area contributed by atoms with Crippen molar-refractivity contribution in [2.45, 2.75) is 13.6 Å². The first-order valence-electron chi connectivity index (χ1n) is 6.14. The van der Waals surface area contributed by atoms with Crippen LogP contribution in [-0.4, -0.2) is 29.0 Å². The average molecular weight is 291 g/mol. The van der Waals surface area contributed by atoms with Crippen molar-refractivity contribution in [3.8, 4) is 0 Å². The second-order valence-electron chi connectivity index (χ2n) is 4.63. The molecule has 3 rings (SSSR count). The molecule has 3 heterocycles. The largest absolute Gasteiger partial charge is 0.348 e. The molecule has 0 unspecified atom stereocenters. The summed E-state index contributed by atoms with van der Waals surface area (Å²) in [6, 6.07) is 0. The standard InChI is InChI=1S/C11H13N7O3/c1-6-8(15-21-14-6)12-4-18-5-13-9-7(18)10(19)17(3)11(20)16(9)2/h5H,4H2,1-3H3,(H,12,15). The highest BCUT2D eigenvalue weighted by atomic mass is 16.6. The smallest absolute Gasteiger partial charge is 0.332 e. The normalized spacial score (nSPS) is 11.2. The van der Waals surface area contributed by atoms with E-state index in [2.05, 4.69) is 25.2 Å². The van der Waals surface area contributed by atoms with Crippen molar-refractivity contribution in [2.24, 2.45) is 14.1 Å². The van der Waals surface area contributed by atoms with Crippen molar-refractivity contribution >= 4 is 17.0 Å². The van der Waals surface area contributed by atoms with Crippen LogP contribution >= 0.6 is 0 Å². The van der Waals surface area contributed by atoms with Crippen molar-refractivity contribution in [1.29, 1.82) is 0 Å². The summed E-state index contributed by atoms with van der Waals surface area (Å²) in [5.41, 5.74) is 0.463. The highest BCUT2D eigenvalue weighted by Gasteiger charge is 2.14. The van der Waals surface area contributed by atoms with Crippen LogP contribution in [0.3, 0.4) is 0 Å². The number of rotatable bonds is 3. The fourth-order valence-electron chi connectivity index (χ4n) is 2.07. The van der Waals surface area contributed by atoms with Gasteiger partial charge in [0.15, 0.2) is 17.0 Å². The van der Waals surface area contributed by atoms with E-state index in [1.165, 1.54) is 17.9 Å². The van der Waals surface area contributed by atoms with Gasteiger partial charge in [0.25, 0.3) is 5.56 Å². The molecule has 10 heteroatoms. The van der Waals surface area contributed by atoms with Gasteiger partial charge in [-0.05, 0) is 12.1 Å². The Labute approximate surface area is 117 Å². The summed E-state index contributed by atoms with van der Waals surface area (Å²) in [6.45, 7) is 1.99. The van der Waals surface area contributed by atoms with Crippen LogP contribution < -0.4 is 16.6 Å². The van der Waals surface area contributed by atoms with E-state index in [0.717, 1.165) is 4.57 Å². The molecule has 0 fully saturated rings. The van der Waals surface area contributed by atoms with Gasteiger partial charge >= 0.3 is 5.69 Å². The van der Waals surface area contributed by atoms with Crippen molar-refractivity contribution in [2.75, 3.05) is 5.32 Å². The van der Waals surface area contributed by atoms with Crippen LogP contribution in [0, 0.1) is 6.92 Å². The minimum Gasteiger partial charge on any atom is -0.348 e. The monoisotopic (exact) mass is 291 g/mol. The van der Waals surface area contributed by atoms with Gasteiger partial charge < -0.3 is 9.88 Å². The number of nitrogens with one attached hydrogen (secondary N) is 1. The van der Waals surface area contributed by atoms with Gasteiger partial charge in [0.1, 0.15) is 5.69 Å². The molecule has 0 saturated heterocycles. The molecule has 0 spiro atoms. The topological polar surface area (TPSA) is 113 Å². The number of aromatic nitrogens is 6. The third kappa shape index (κ3) is 1.91. The highest BCUT2D eigenvalue weighted by molar-refractivity contribution is 5.70. The summed E-state index contributed by atoms with van der Waals surface area (Å²) >= 11 is 0. The van der Waals surface area contributed by atoms with Gasteiger partial charge in [-0.2, -0.15) is 0 Å². The van der Waals surface area contributed by atoms with Gasteiger partial charge in [-0.25, -0.2) is 14.4 Å². The first-order valence-corrected chi connectivity index (χ1v) is 6.14. The number of aryl methyl sites for hydroxylation is 2. The Balaban J connectivity index is 2.07. The summed E-state index contributed by atoms with van der Waals surface area (Å²) in [7, 11) is 3.00. The van der Waals surface area contributed by atoms with Crippen LogP contribution in [0.4, 0.5) is 5.82 Å². The quantitative estimate of drug-likeness (QED) is 0.671. The van der Waals surface area contributed by atoms with Crippen molar-refractivity contribution < 1.29 is 4.63 Å². The maximum atomic E-state index is 12.2.